The minimum absolute atomic E-state index is 0.0104. The lowest BCUT2D eigenvalue weighted by Gasteiger charge is -2.30. The second-order valence-electron chi connectivity index (χ2n) is 14.4. The molecule has 2 aromatic heterocycles. The third-order valence-corrected chi connectivity index (χ3v) is 12.1. The number of carboxylic acid groups (broad SMARTS) is 1. The van der Waals surface area contributed by atoms with Crippen LogP contribution in [-0.4, -0.2) is 140 Å². The normalized spacial score (nSPS) is 20.4. The highest BCUT2D eigenvalue weighted by Gasteiger charge is 2.50. The number of nitrogens with two attached hydrogens (primary N) is 1. The molecule has 0 saturated carbocycles. The summed E-state index contributed by atoms with van der Waals surface area (Å²) in [4.78, 5) is 107. The third-order valence-electron chi connectivity index (χ3n) is 8.06. The Morgan fingerprint density at radius 3 is 2.23 bits per heavy atom. The maximum atomic E-state index is 12.7. The maximum absolute atomic E-state index is 12.7. The number of carbonyl (C=O) groups is 5. The first-order chi connectivity index (χ1) is 28.6. The van der Waals surface area contributed by atoms with Crippen molar-refractivity contribution in [3.63, 3.8) is 0 Å². The lowest BCUT2D eigenvalue weighted by molar-refractivity contribution is -0.149. The molecule has 1 aliphatic heterocycles. The van der Waals surface area contributed by atoms with Crippen LogP contribution in [0.25, 0.3) is 11.2 Å². The van der Waals surface area contributed by atoms with Gasteiger partial charge >= 0.3 is 29.4 Å². The number of anilines is 1. The molecule has 0 spiro atoms. The number of nitrogen functional groups attached to an aromatic ring is 1. The number of aliphatic hydroxyl groups excluding tert-OH is 2. The number of phosphoric acid groups is 3. The molecule has 0 aromatic carbocycles. The van der Waals surface area contributed by atoms with E-state index < -0.39 is 96.3 Å². The number of aliphatic carboxylic acids is 1. The standard InChI is InChI=1S/C26H44N7O17P3S.C5H8O3/c1-14(2)9-17(35)54-8-7-28-16(34)5-6-29-24(38)21(37)26(3,4)11-47-53(44,45)50-52(42,43)46-10-15-20(49-51(39,40)41)19(36)25(48-15)33-13-32-18-22(27)30-12-31-23(18)33;1-2-3-4(6)5(7)8/h12-15,19-21,25,36-37H,5-11H2,1-4H3,(H,28,34)(H,29,38)(H,42,43)(H,44,45)(H2,27,30,31)(H2,39,40,41);2-3H2,1H3,(H,7,8)/t15-,19-,20-,21+,25-;/m1./s1. The summed E-state index contributed by atoms with van der Waals surface area (Å²) < 4.78 is 62.0. The Balaban J connectivity index is 0.00000150. The Morgan fingerprint density at radius 1 is 1.00 bits per heavy atom. The molecular weight excluding hydrogens is 915 g/mol. The van der Waals surface area contributed by atoms with Crippen LogP contribution in [0.1, 0.15) is 66.5 Å². The largest absolute Gasteiger partial charge is 0.481 e. The number of Topliss-reactive ketones (excluding diaryl/α,β-unsaturated/α-hetero) is 1. The molecule has 2 unspecified atom stereocenters. The summed E-state index contributed by atoms with van der Waals surface area (Å²) in [6.45, 7) is 6.13. The number of hydrogen-bond donors (Lipinski definition) is 10. The second-order valence-corrected chi connectivity index (χ2v) is 19.8. The summed E-state index contributed by atoms with van der Waals surface area (Å²) in [5, 5.41) is 34.3. The van der Waals surface area contributed by atoms with Gasteiger partial charge in [-0.05, 0) is 12.3 Å². The van der Waals surface area contributed by atoms with Crippen molar-refractivity contribution >= 4 is 80.9 Å². The number of carbonyl (C=O) groups excluding carboxylic acids is 4. The molecule has 352 valence electrons. The van der Waals surface area contributed by atoms with E-state index in [-0.39, 0.29) is 53.9 Å². The number of thioether (sulfide) groups is 1. The van der Waals surface area contributed by atoms with E-state index in [4.69, 9.17) is 24.6 Å². The molecule has 0 radical (unpaired) electrons. The molecule has 1 fully saturated rings. The van der Waals surface area contributed by atoms with Gasteiger partial charge in [-0.1, -0.05) is 46.4 Å². The van der Waals surface area contributed by atoms with E-state index in [1.807, 2.05) is 13.8 Å². The van der Waals surface area contributed by atoms with Gasteiger partial charge < -0.3 is 56.0 Å². The monoisotopic (exact) mass is 967 g/mol. The minimum atomic E-state index is -5.56. The summed E-state index contributed by atoms with van der Waals surface area (Å²) in [6, 6.07) is 0. The van der Waals surface area contributed by atoms with Crippen LogP contribution in [0.2, 0.25) is 0 Å². The number of nitrogens with zero attached hydrogens (tertiary/aromatic N) is 4. The molecule has 3 heterocycles. The summed E-state index contributed by atoms with van der Waals surface area (Å²) >= 11 is 1.10. The van der Waals surface area contributed by atoms with Crippen molar-refractivity contribution in [2.75, 3.05) is 37.8 Å². The van der Waals surface area contributed by atoms with Gasteiger partial charge in [-0.25, -0.2) is 33.4 Å². The Bertz CT molecular complexity index is 2020. The smallest absolute Gasteiger partial charge is 0.476 e. The molecule has 27 nitrogen and oxygen atoms in total. The van der Waals surface area contributed by atoms with Gasteiger partial charge in [0.1, 0.15) is 36.3 Å². The summed E-state index contributed by atoms with van der Waals surface area (Å²) in [6.07, 6.45) is -5.72. The molecule has 2 amide bonds. The number of ketones is 1. The van der Waals surface area contributed by atoms with E-state index in [2.05, 4.69) is 34.4 Å². The zero-order valence-electron chi connectivity index (χ0n) is 34.0. The average Bonchev–Trinajstić information content (AvgIpc) is 3.71. The van der Waals surface area contributed by atoms with E-state index in [1.165, 1.54) is 13.8 Å². The number of imidazole rings is 1. The highest BCUT2D eigenvalue weighted by molar-refractivity contribution is 8.13. The zero-order valence-corrected chi connectivity index (χ0v) is 37.5. The van der Waals surface area contributed by atoms with Gasteiger partial charge in [0, 0.05) is 43.5 Å². The van der Waals surface area contributed by atoms with Crippen molar-refractivity contribution in [2.24, 2.45) is 11.3 Å². The van der Waals surface area contributed by atoms with Gasteiger partial charge in [0.15, 0.2) is 22.8 Å². The van der Waals surface area contributed by atoms with Crippen molar-refractivity contribution in [2.45, 2.75) is 90.9 Å². The number of nitrogens with one attached hydrogen (secondary N) is 2. The highest BCUT2D eigenvalue weighted by Crippen LogP contribution is 2.61. The molecule has 62 heavy (non-hydrogen) atoms. The molecule has 3 rings (SSSR count). The van der Waals surface area contributed by atoms with Crippen molar-refractivity contribution in [1.82, 2.24) is 30.2 Å². The van der Waals surface area contributed by atoms with Crippen LogP contribution >= 0.6 is 35.2 Å². The van der Waals surface area contributed by atoms with Crippen LogP contribution in [0.3, 0.4) is 0 Å². The number of amides is 2. The first-order valence-electron chi connectivity index (χ1n) is 18.4. The number of ether oxygens (including phenoxy) is 1. The van der Waals surface area contributed by atoms with Gasteiger partial charge in [-0.2, -0.15) is 4.31 Å². The predicted molar refractivity (Wildman–Crippen MR) is 214 cm³/mol. The van der Waals surface area contributed by atoms with Crippen LogP contribution in [0.15, 0.2) is 12.7 Å². The SMILES string of the molecule is CC(C)CC(=O)SCCNC(=O)CCNC(=O)[C@H](O)C(C)(C)COP(=O)(O)OP(=O)(O)OC[C@H]1O[C@@H](n2cnc3c(N)ncnc32)[C@H](O)[C@@H]1OP(=O)(O)O.CCCC(=O)C(=O)O. The summed E-state index contributed by atoms with van der Waals surface area (Å²) in [5.74, 6) is -2.87. The van der Waals surface area contributed by atoms with Crippen molar-refractivity contribution in [3.8, 4) is 0 Å². The van der Waals surface area contributed by atoms with Gasteiger partial charge in [0.25, 0.3) is 0 Å². The Labute approximate surface area is 358 Å². The summed E-state index contributed by atoms with van der Waals surface area (Å²) in [7, 11) is -16.4. The first kappa shape index (κ1) is 54.8. The van der Waals surface area contributed by atoms with Gasteiger partial charge in [0.2, 0.25) is 17.6 Å². The van der Waals surface area contributed by atoms with Crippen molar-refractivity contribution in [1.29, 1.82) is 0 Å². The number of hydrogen-bond acceptors (Lipinski definition) is 20. The number of phosphoric ester groups is 3. The third kappa shape index (κ3) is 18.4. The van der Waals surface area contributed by atoms with Gasteiger partial charge in [-0.3, -0.25) is 37.3 Å². The molecule has 1 saturated heterocycles. The summed E-state index contributed by atoms with van der Waals surface area (Å²) in [5.41, 5.74) is 4.27. The van der Waals surface area contributed by atoms with E-state index in [1.54, 1.807) is 6.92 Å². The Morgan fingerprint density at radius 2 is 1.65 bits per heavy atom. The van der Waals surface area contributed by atoms with Crippen LogP contribution in [0.5, 0.6) is 0 Å². The van der Waals surface area contributed by atoms with Gasteiger partial charge in [0.05, 0.1) is 19.5 Å². The Hall–Kier alpha value is -3.30. The van der Waals surface area contributed by atoms with Crippen LogP contribution < -0.4 is 16.4 Å². The number of rotatable bonds is 24. The molecule has 0 aliphatic carbocycles. The second kappa shape index (κ2) is 24.1. The van der Waals surface area contributed by atoms with Crippen molar-refractivity contribution in [3.05, 3.63) is 12.7 Å². The quantitative estimate of drug-likeness (QED) is 0.0380. The molecule has 7 atom stereocenters. The fourth-order valence-corrected chi connectivity index (χ4v) is 8.73. The number of fused-ring (bicyclic) bond motifs is 1. The van der Waals surface area contributed by atoms with Crippen LogP contribution in [-0.2, 0) is 60.3 Å². The van der Waals surface area contributed by atoms with Gasteiger partial charge in [-0.15, -0.1) is 0 Å². The molecule has 1 aliphatic rings. The van der Waals surface area contributed by atoms with Crippen LogP contribution in [0, 0.1) is 11.3 Å². The van der Waals surface area contributed by atoms with Crippen LogP contribution in [0.4, 0.5) is 5.82 Å². The van der Waals surface area contributed by atoms with E-state index >= 15 is 0 Å². The topological polar surface area (TPSA) is 418 Å². The first-order valence-corrected chi connectivity index (χ1v) is 23.9. The van der Waals surface area contributed by atoms with E-state index in [9.17, 15) is 67.5 Å². The number of aromatic nitrogens is 4. The molecular formula is C31H52N7O20P3S. The highest BCUT2D eigenvalue weighted by atomic mass is 32.2. The average molecular weight is 968 g/mol. The molecule has 0 bridgehead atoms. The fourth-order valence-electron chi connectivity index (χ4n) is 5.02. The zero-order chi connectivity index (χ0) is 47.2. The lowest BCUT2D eigenvalue weighted by Crippen LogP contribution is -2.46. The molecule has 2 aromatic rings. The number of carboxylic acids is 1. The predicted octanol–water partition coefficient (Wildman–Crippen LogP) is 0.151. The fraction of sp³-hybridized carbons (Fsp3) is 0.677. The van der Waals surface area contributed by atoms with E-state index in [0.717, 1.165) is 29.0 Å². The molecule has 11 N–H and O–H groups in total. The molecule has 31 heteroatoms. The minimum Gasteiger partial charge on any atom is -0.476 e. The van der Waals surface area contributed by atoms with E-state index in [0.29, 0.717) is 18.6 Å². The number of aliphatic hydroxyl groups is 2. The van der Waals surface area contributed by atoms with Crippen molar-refractivity contribution < 1.29 is 95.2 Å². The lowest BCUT2D eigenvalue weighted by atomic mass is 9.87. The Kier molecular flexibility index (Phi) is 21.3. The maximum Gasteiger partial charge on any atom is 0.481 e.